The molecule has 2 heterocycles. The van der Waals surface area contributed by atoms with Crippen molar-refractivity contribution >= 4 is 23.4 Å². The quantitative estimate of drug-likeness (QED) is 0.808. The standard InChI is InChI=1S/C15H18N2O4S/c1-5-20-13(18)11-9-16-12(22-11)10-7-6-8-17(10)14(19)21-15(2,3)4/h6-9H,5H2,1-4H3. The number of carbonyl (C=O) groups is 2. The van der Waals surface area contributed by atoms with E-state index in [1.54, 1.807) is 46.0 Å². The van der Waals surface area contributed by atoms with Gasteiger partial charge < -0.3 is 9.47 Å². The lowest BCUT2D eigenvalue weighted by molar-refractivity contribution is 0.0524. The predicted molar refractivity (Wildman–Crippen MR) is 83.1 cm³/mol. The zero-order chi connectivity index (χ0) is 16.3. The van der Waals surface area contributed by atoms with Gasteiger partial charge in [-0.15, -0.1) is 11.3 Å². The van der Waals surface area contributed by atoms with Crippen LogP contribution >= 0.6 is 11.3 Å². The van der Waals surface area contributed by atoms with Crippen molar-refractivity contribution in [3.8, 4) is 10.7 Å². The van der Waals surface area contributed by atoms with Gasteiger partial charge >= 0.3 is 12.1 Å². The molecule has 118 valence electrons. The van der Waals surface area contributed by atoms with Crippen LogP contribution in [0.4, 0.5) is 4.79 Å². The van der Waals surface area contributed by atoms with Crippen LogP contribution in [0, 0.1) is 0 Å². The number of aromatic nitrogens is 2. The van der Waals surface area contributed by atoms with E-state index in [2.05, 4.69) is 4.98 Å². The molecule has 0 saturated carbocycles. The molecule has 2 rings (SSSR count). The second-order valence-electron chi connectivity index (χ2n) is 5.49. The Morgan fingerprint density at radius 3 is 2.73 bits per heavy atom. The first kappa shape index (κ1) is 16.2. The highest BCUT2D eigenvalue weighted by Crippen LogP contribution is 2.27. The van der Waals surface area contributed by atoms with Crippen molar-refractivity contribution in [2.45, 2.75) is 33.3 Å². The average molecular weight is 322 g/mol. The maximum Gasteiger partial charge on any atom is 0.419 e. The van der Waals surface area contributed by atoms with E-state index in [9.17, 15) is 9.59 Å². The lowest BCUT2D eigenvalue weighted by atomic mass is 10.2. The van der Waals surface area contributed by atoms with E-state index < -0.39 is 17.7 Å². The van der Waals surface area contributed by atoms with Gasteiger partial charge in [0.15, 0.2) is 0 Å². The van der Waals surface area contributed by atoms with Crippen LogP contribution in [0.5, 0.6) is 0 Å². The van der Waals surface area contributed by atoms with Crippen molar-refractivity contribution in [3.63, 3.8) is 0 Å². The van der Waals surface area contributed by atoms with Crippen molar-refractivity contribution < 1.29 is 19.1 Å². The Kier molecular flexibility index (Phi) is 4.65. The van der Waals surface area contributed by atoms with Crippen LogP contribution in [0.2, 0.25) is 0 Å². The largest absolute Gasteiger partial charge is 0.462 e. The highest BCUT2D eigenvalue weighted by molar-refractivity contribution is 7.16. The highest BCUT2D eigenvalue weighted by Gasteiger charge is 2.21. The van der Waals surface area contributed by atoms with Gasteiger partial charge in [-0.05, 0) is 39.8 Å². The Balaban J connectivity index is 2.26. The van der Waals surface area contributed by atoms with Crippen LogP contribution in [0.3, 0.4) is 0 Å². The monoisotopic (exact) mass is 322 g/mol. The summed E-state index contributed by atoms with van der Waals surface area (Å²) in [6, 6.07) is 3.47. The van der Waals surface area contributed by atoms with Gasteiger partial charge in [0.2, 0.25) is 0 Å². The molecule has 22 heavy (non-hydrogen) atoms. The van der Waals surface area contributed by atoms with Gasteiger partial charge in [-0.25, -0.2) is 14.6 Å². The van der Waals surface area contributed by atoms with Crippen molar-refractivity contribution in [2.75, 3.05) is 6.61 Å². The van der Waals surface area contributed by atoms with Crippen LogP contribution in [-0.4, -0.2) is 33.8 Å². The molecule has 0 aliphatic heterocycles. The summed E-state index contributed by atoms with van der Waals surface area (Å²) >= 11 is 1.17. The molecule has 0 aromatic carbocycles. The van der Waals surface area contributed by atoms with E-state index in [0.717, 1.165) is 0 Å². The minimum atomic E-state index is -0.586. The Morgan fingerprint density at radius 2 is 2.09 bits per heavy atom. The molecule has 0 unspecified atom stereocenters. The Morgan fingerprint density at radius 1 is 1.36 bits per heavy atom. The fourth-order valence-electron chi connectivity index (χ4n) is 1.71. The molecule has 0 amide bonds. The molecule has 0 radical (unpaired) electrons. The molecule has 2 aromatic heterocycles. The maximum atomic E-state index is 12.2. The number of hydrogen-bond acceptors (Lipinski definition) is 6. The fraction of sp³-hybridized carbons (Fsp3) is 0.400. The van der Waals surface area contributed by atoms with E-state index in [1.807, 2.05) is 0 Å². The lowest BCUT2D eigenvalue weighted by Gasteiger charge is -2.20. The summed E-state index contributed by atoms with van der Waals surface area (Å²) in [7, 11) is 0. The molecule has 0 fully saturated rings. The van der Waals surface area contributed by atoms with E-state index >= 15 is 0 Å². The van der Waals surface area contributed by atoms with Crippen LogP contribution in [0.15, 0.2) is 24.5 Å². The predicted octanol–water partition coefficient (Wildman–Crippen LogP) is 3.57. The van der Waals surface area contributed by atoms with E-state index in [0.29, 0.717) is 22.2 Å². The first-order chi connectivity index (χ1) is 10.3. The summed E-state index contributed by atoms with van der Waals surface area (Å²) in [5.41, 5.74) is -0.00720. The van der Waals surface area contributed by atoms with Crippen LogP contribution in [-0.2, 0) is 9.47 Å². The smallest absolute Gasteiger partial charge is 0.419 e. The molecular weight excluding hydrogens is 304 g/mol. The molecule has 0 saturated heterocycles. The van der Waals surface area contributed by atoms with Crippen LogP contribution in [0.25, 0.3) is 10.7 Å². The third-order valence-electron chi connectivity index (χ3n) is 2.54. The lowest BCUT2D eigenvalue weighted by Crippen LogP contribution is -2.27. The second-order valence-corrected chi connectivity index (χ2v) is 6.52. The summed E-state index contributed by atoms with van der Waals surface area (Å²) in [4.78, 5) is 28.5. The molecule has 0 aliphatic rings. The van der Waals surface area contributed by atoms with Gasteiger partial charge in [-0.2, -0.15) is 0 Å². The molecule has 2 aromatic rings. The zero-order valence-corrected chi connectivity index (χ0v) is 13.8. The normalized spacial score (nSPS) is 11.3. The van der Waals surface area contributed by atoms with Crippen LogP contribution < -0.4 is 0 Å². The maximum absolute atomic E-state index is 12.2. The second kappa shape index (κ2) is 6.31. The van der Waals surface area contributed by atoms with Gasteiger partial charge in [-0.3, -0.25) is 4.57 Å². The molecule has 0 aliphatic carbocycles. The minimum absolute atomic E-state index is 0.306. The number of carbonyl (C=O) groups excluding carboxylic acids is 2. The van der Waals surface area contributed by atoms with Crippen molar-refractivity contribution in [3.05, 3.63) is 29.4 Å². The van der Waals surface area contributed by atoms with Crippen molar-refractivity contribution in [1.82, 2.24) is 9.55 Å². The SMILES string of the molecule is CCOC(=O)c1cnc(-c2cccn2C(=O)OC(C)(C)C)s1. The van der Waals surface area contributed by atoms with Crippen molar-refractivity contribution in [2.24, 2.45) is 0 Å². The Bertz CT molecular complexity index is 682. The van der Waals surface area contributed by atoms with Crippen LogP contribution in [0.1, 0.15) is 37.4 Å². The topological polar surface area (TPSA) is 70.4 Å². The first-order valence-corrected chi connectivity index (χ1v) is 7.67. The number of nitrogens with zero attached hydrogens (tertiary/aromatic N) is 2. The number of thiazole rings is 1. The van der Waals surface area contributed by atoms with Gasteiger partial charge in [0.1, 0.15) is 15.5 Å². The number of esters is 1. The third-order valence-corrected chi connectivity index (χ3v) is 3.54. The van der Waals surface area contributed by atoms with E-state index in [4.69, 9.17) is 9.47 Å². The van der Waals surface area contributed by atoms with Gasteiger partial charge in [0.25, 0.3) is 0 Å². The number of ether oxygens (including phenoxy) is 2. The summed E-state index contributed by atoms with van der Waals surface area (Å²) in [5, 5.41) is 0.555. The molecule has 6 nitrogen and oxygen atoms in total. The molecule has 0 spiro atoms. The van der Waals surface area contributed by atoms with Gasteiger partial charge in [0.05, 0.1) is 18.5 Å². The summed E-state index contributed by atoms with van der Waals surface area (Å²) < 4.78 is 11.7. The molecule has 7 heteroatoms. The fourth-order valence-corrected chi connectivity index (χ4v) is 2.55. The Hall–Kier alpha value is -2.15. The van der Waals surface area contributed by atoms with Crippen molar-refractivity contribution in [1.29, 1.82) is 0 Å². The highest BCUT2D eigenvalue weighted by atomic mass is 32.1. The molecule has 0 N–H and O–H groups in total. The Labute approximate surface area is 132 Å². The number of rotatable bonds is 3. The molecule has 0 bridgehead atoms. The molecular formula is C15H18N2O4S. The van der Waals surface area contributed by atoms with E-state index in [-0.39, 0.29) is 0 Å². The number of hydrogen-bond donors (Lipinski definition) is 0. The summed E-state index contributed by atoms with van der Waals surface area (Å²) in [5.74, 6) is -0.415. The summed E-state index contributed by atoms with van der Waals surface area (Å²) in [6.45, 7) is 7.46. The third kappa shape index (κ3) is 3.73. The summed E-state index contributed by atoms with van der Waals surface area (Å²) in [6.07, 6.45) is 2.57. The first-order valence-electron chi connectivity index (χ1n) is 6.86. The van der Waals surface area contributed by atoms with E-state index in [1.165, 1.54) is 22.1 Å². The van der Waals surface area contributed by atoms with Gasteiger partial charge in [-0.1, -0.05) is 0 Å². The van der Waals surface area contributed by atoms with Gasteiger partial charge in [0, 0.05) is 6.20 Å². The zero-order valence-electron chi connectivity index (χ0n) is 13.0. The average Bonchev–Trinajstić information content (AvgIpc) is 3.06. The minimum Gasteiger partial charge on any atom is -0.462 e. The molecule has 0 atom stereocenters.